The first-order valence-corrected chi connectivity index (χ1v) is 10.9. The molecule has 0 aliphatic heterocycles. The van der Waals surface area contributed by atoms with Crippen LogP contribution >= 0.6 is 0 Å². The lowest BCUT2D eigenvalue weighted by molar-refractivity contribution is -0.121. The Bertz CT molecular complexity index is 1300. The van der Waals surface area contributed by atoms with Crippen molar-refractivity contribution in [2.24, 2.45) is 7.05 Å². The second kappa shape index (κ2) is 9.40. The van der Waals surface area contributed by atoms with Crippen LogP contribution in [0.3, 0.4) is 0 Å². The first-order chi connectivity index (χ1) is 15.9. The summed E-state index contributed by atoms with van der Waals surface area (Å²) in [4.78, 5) is 21.6. The van der Waals surface area contributed by atoms with Crippen LogP contribution in [0.25, 0.3) is 22.4 Å². The monoisotopic (exact) mass is 444 g/mol. The molecule has 3 heterocycles. The highest BCUT2D eigenvalue weighted by molar-refractivity contribution is 5.93. The predicted octanol–water partition coefficient (Wildman–Crippen LogP) is 4.80. The molecule has 0 saturated carbocycles. The highest BCUT2D eigenvalue weighted by Gasteiger charge is 2.18. The minimum atomic E-state index is -0.0176. The molecule has 0 aliphatic carbocycles. The summed E-state index contributed by atoms with van der Waals surface area (Å²) in [6.45, 7) is 6.07. The molecule has 1 atom stereocenters. The Kier molecular flexibility index (Phi) is 6.40. The van der Waals surface area contributed by atoms with Crippen molar-refractivity contribution in [1.29, 1.82) is 0 Å². The quantitative estimate of drug-likeness (QED) is 0.389. The van der Waals surface area contributed by atoms with Crippen molar-refractivity contribution in [3.05, 3.63) is 65.4 Å². The Labute approximate surface area is 193 Å². The molecular weight excluding hydrogens is 416 g/mol. The van der Waals surface area contributed by atoms with E-state index in [-0.39, 0.29) is 18.3 Å². The Morgan fingerprint density at radius 3 is 2.61 bits per heavy atom. The Morgan fingerprint density at radius 2 is 1.88 bits per heavy atom. The minimum Gasteiger partial charge on any atom is -0.497 e. The maximum Gasteiger partial charge on any atom is 0.215 e. The number of fused-ring (bicyclic) bond motifs is 1. The number of methoxy groups -OCH3 is 1. The Balaban J connectivity index is 1.50. The molecule has 0 fully saturated rings. The van der Waals surface area contributed by atoms with E-state index in [0.717, 1.165) is 22.2 Å². The SMILES string of the molecule is COc1ccnc(-c2nn(C)c3nc(OCC(=O)C[C@@H](C)c4ccc(C)cc4)cc(C)c23)c1. The lowest BCUT2D eigenvalue weighted by Crippen LogP contribution is -2.14. The number of carbonyl (C=O) groups excluding carboxylic acids is 1. The summed E-state index contributed by atoms with van der Waals surface area (Å²) in [5.74, 6) is 1.29. The smallest absolute Gasteiger partial charge is 0.215 e. The van der Waals surface area contributed by atoms with E-state index in [9.17, 15) is 4.79 Å². The van der Waals surface area contributed by atoms with E-state index in [2.05, 4.69) is 53.2 Å². The van der Waals surface area contributed by atoms with Gasteiger partial charge in [-0.3, -0.25) is 9.78 Å². The molecule has 0 bridgehead atoms. The number of benzene rings is 1. The molecule has 0 N–H and O–H groups in total. The molecule has 33 heavy (non-hydrogen) atoms. The average molecular weight is 445 g/mol. The summed E-state index contributed by atoms with van der Waals surface area (Å²) < 4.78 is 12.8. The van der Waals surface area contributed by atoms with E-state index in [0.29, 0.717) is 29.4 Å². The third-order valence-electron chi connectivity index (χ3n) is 5.74. The van der Waals surface area contributed by atoms with E-state index in [4.69, 9.17) is 9.47 Å². The Morgan fingerprint density at radius 1 is 1.12 bits per heavy atom. The van der Waals surface area contributed by atoms with Crippen molar-refractivity contribution < 1.29 is 14.3 Å². The van der Waals surface area contributed by atoms with Gasteiger partial charge in [0.15, 0.2) is 11.4 Å². The number of pyridine rings is 2. The highest BCUT2D eigenvalue weighted by atomic mass is 16.5. The molecule has 4 aromatic rings. The lowest BCUT2D eigenvalue weighted by atomic mass is 9.95. The molecule has 170 valence electrons. The topological polar surface area (TPSA) is 79.1 Å². The fourth-order valence-corrected chi connectivity index (χ4v) is 3.89. The number of rotatable bonds is 8. The van der Waals surface area contributed by atoms with Crippen LogP contribution in [0.1, 0.15) is 36.0 Å². The van der Waals surface area contributed by atoms with Crippen LogP contribution in [-0.2, 0) is 11.8 Å². The van der Waals surface area contributed by atoms with E-state index >= 15 is 0 Å². The van der Waals surface area contributed by atoms with Gasteiger partial charge in [-0.2, -0.15) is 10.1 Å². The zero-order valence-corrected chi connectivity index (χ0v) is 19.6. The highest BCUT2D eigenvalue weighted by Crippen LogP contribution is 2.31. The average Bonchev–Trinajstić information content (AvgIpc) is 3.15. The molecule has 7 nitrogen and oxygen atoms in total. The zero-order chi connectivity index (χ0) is 23.5. The summed E-state index contributed by atoms with van der Waals surface area (Å²) in [5.41, 5.74) is 5.41. The van der Waals surface area contributed by atoms with Crippen LogP contribution in [0.5, 0.6) is 11.6 Å². The number of hydrogen-bond donors (Lipinski definition) is 0. The van der Waals surface area contributed by atoms with Crippen molar-refractivity contribution in [1.82, 2.24) is 19.7 Å². The van der Waals surface area contributed by atoms with Gasteiger partial charge >= 0.3 is 0 Å². The van der Waals surface area contributed by atoms with Crippen LogP contribution in [0.4, 0.5) is 0 Å². The summed E-state index contributed by atoms with van der Waals surface area (Å²) in [6, 6.07) is 13.8. The van der Waals surface area contributed by atoms with E-state index in [1.54, 1.807) is 24.1 Å². The number of aryl methyl sites for hydroxylation is 3. The van der Waals surface area contributed by atoms with Gasteiger partial charge in [0.2, 0.25) is 5.88 Å². The molecule has 0 amide bonds. The number of nitrogens with zero attached hydrogens (tertiary/aromatic N) is 4. The summed E-state index contributed by atoms with van der Waals surface area (Å²) in [7, 11) is 3.45. The molecular formula is C26H28N4O3. The first kappa shape index (κ1) is 22.5. The molecule has 1 aromatic carbocycles. The molecule has 0 saturated heterocycles. The van der Waals surface area contributed by atoms with Crippen molar-refractivity contribution in [3.8, 4) is 23.0 Å². The van der Waals surface area contributed by atoms with Gasteiger partial charge in [-0.1, -0.05) is 36.8 Å². The second-order valence-electron chi connectivity index (χ2n) is 8.37. The lowest BCUT2D eigenvalue weighted by Gasteiger charge is -2.12. The first-order valence-electron chi connectivity index (χ1n) is 10.9. The van der Waals surface area contributed by atoms with Gasteiger partial charge < -0.3 is 9.47 Å². The van der Waals surface area contributed by atoms with Crippen LogP contribution in [0, 0.1) is 13.8 Å². The van der Waals surface area contributed by atoms with Crippen molar-refractivity contribution >= 4 is 16.8 Å². The molecule has 0 radical (unpaired) electrons. The standard InChI is InChI=1S/C26H28N4O3/c1-16-6-8-19(9-7-16)17(2)12-20(31)15-33-23-13-18(3)24-25(29-30(4)26(24)28-23)22-14-21(32-5)10-11-27-22/h6-11,13-14,17H,12,15H2,1-5H3/t17-/m1/s1. The third kappa shape index (κ3) is 4.87. The van der Waals surface area contributed by atoms with Gasteiger partial charge in [0.1, 0.15) is 18.1 Å². The van der Waals surface area contributed by atoms with Gasteiger partial charge in [-0.15, -0.1) is 0 Å². The van der Waals surface area contributed by atoms with Gasteiger partial charge in [-0.25, -0.2) is 4.68 Å². The van der Waals surface area contributed by atoms with Crippen molar-refractivity contribution in [2.45, 2.75) is 33.1 Å². The maximum absolute atomic E-state index is 12.5. The predicted molar refractivity (Wildman–Crippen MR) is 128 cm³/mol. The largest absolute Gasteiger partial charge is 0.497 e. The van der Waals surface area contributed by atoms with E-state index in [1.807, 2.05) is 26.1 Å². The molecule has 4 rings (SSSR count). The van der Waals surface area contributed by atoms with E-state index in [1.165, 1.54) is 5.56 Å². The maximum atomic E-state index is 12.5. The fraction of sp³-hybridized carbons (Fsp3) is 0.308. The van der Waals surface area contributed by atoms with Crippen LogP contribution in [-0.4, -0.2) is 39.2 Å². The number of ketones is 1. The van der Waals surface area contributed by atoms with Crippen molar-refractivity contribution in [2.75, 3.05) is 13.7 Å². The Hall–Kier alpha value is -3.74. The van der Waals surface area contributed by atoms with Gasteiger partial charge in [0.05, 0.1) is 18.2 Å². The van der Waals surface area contributed by atoms with Crippen molar-refractivity contribution in [3.63, 3.8) is 0 Å². The van der Waals surface area contributed by atoms with Gasteiger partial charge in [0.25, 0.3) is 0 Å². The minimum absolute atomic E-state index is 0.0176. The van der Waals surface area contributed by atoms with Crippen LogP contribution < -0.4 is 9.47 Å². The second-order valence-corrected chi connectivity index (χ2v) is 8.37. The molecule has 0 spiro atoms. The van der Waals surface area contributed by atoms with Crippen LogP contribution in [0.15, 0.2) is 48.7 Å². The third-order valence-corrected chi connectivity index (χ3v) is 5.74. The summed E-state index contributed by atoms with van der Waals surface area (Å²) >= 11 is 0. The van der Waals surface area contributed by atoms with E-state index < -0.39 is 0 Å². The van der Waals surface area contributed by atoms with Gasteiger partial charge in [0, 0.05) is 31.8 Å². The number of aromatic nitrogens is 4. The summed E-state index contributed by atoms with van der Waals surface area (Å²) in [6.07, 6.45) is 2.11. The number of carbonyl (C=O) groups is 1. The molecule has 3 aromatic heterocycles. The number of ether oxygens (including phenoxy) is 2. The number of Topliss-reactive ketones (excluding diaryl/α,β-unsaturated/α-hetero) is 1. The zero-order valence-electron chi connectivity index (χ0n) is 19.6. The summed E-state index contributed by atoms with van der Waals surface area (Å²) in [5, 5.41) is 5.52. The normalized spacial score (nSPS) is 12.0. The fourth-order valence-electron chi connectivity index (χ4n) is 3.89. The van der Waals surface area contributed by atoms with Gasteiger partial charge in [-0.05, 0) is 37.0 Å². The van der Waals surface area contributed by atoms with Crippen LogP contribution in [0.2, 0.25) is 0 Å². The molecule has 0 unspecified atom stereocenters. The number of hydrogen-bond acceptors (Lipinski definition) is 6. The molecule has 7 heteroatoms. The molecule has 0 aliphatic rings.